The zero-order valence-corrected chi connectivity index (χ0v) is 16.9. The van der Waals surface area contributed by atoms with Crippen molar-refractivity contribution in [2.24, 2.45) is 0 Å². The summed E-state index contributed by atoms with van der Waals surface area (Å²) in [6, 6.07) is 18.2. The molecule has 0 saturated carbocycles. The lowest BCUT2D eigenvalue weighted by atomic mass is 10.1. The zero-order chi connectivity index (χ0) is 19.3. The summed E-state index contributed by atoms with van der Waals surface area (Å²) in [5.74, 6) is 0.977. The van der Waals surface area contributed by atoms with Gasteiger partial charge in [0.15, 0.2) is 0 Å². The summed E-state index contributed by atoms with van der Waals surface area (Å²) in [6.45, 7) is 5.12. The van der Waals surface area contributed by atoms with E-state index in [2.05, 4.69) is 28.3 Å². The summed E-state index contributed by atoms with van der Waals surface area (Å²) < 4.78 is 4.51. The van der Waals surface area contributed by atoms with Gasteiger partial charge in [0.2, 0.25) is 5.13 Å². The van der Waals surface area contributed by atoms with Crippen LogP contribution >= 0.6 is 11.5 Å². The number of rotatable bonds is 5. The number of piperazine rings is 1. The number of hydrogen-bond donors (Lipinski definition) is 0. The Bertz CT molecular complexity index is 915. The molecule has 0 bridgehead atoms. The molecule has 4 rings (SSSR count). The van der Waals surface area contributed by atoms with E-state index in [9.17, 15) is 4.79 Å². The second kappa shape index (κ2) is 8.52. The van der Waals surface area contributed by atoms with E-state index in [1.165, 1.54) is 22.7 Å². The first-order valence-electron chi connectivity index (χ1n) is 9.72. The van der Waals surface area contributed by atoms with Crippen molar-refractivity contribution >= 4 is 22.6 Å². The number of aromatic nitrogens is 2. The average molecular weight is 393 g/mol. The molecule has 1 aromatic heterocycles. The van der Waals surface area contributed by atoms with Gasteiger partial charge in [-0.2, -0.15) is 4.37 Å². The molecule has 0 atom stereocenters. The van der Waals surface area contributed by atoms with E-state index >= 15 is 0 Å². The molecular formula is C22H24N4OS. The Morgan fingerprint density at radius 2 is 1.68 bits per heavy atom. The van der Waals surface area contributed by atoms with Crippen LogP contribution in [0.25, 0.3) is 0 Å². The molecule has 0 spiro atoms. The quantitative estimate of drug-likeness (QED) is 0.665. The minimum absolute atomic E-state index is 0.115. The second-order valence-electron chi connectivity index (χ2n) is 6.99. The highest BCUT2D eigenvalue weighted by Gasteiger charge is 2.24. The van der Waals surface area contributed by atoms with Crippen LogP contribution in [0.5, 0.6) is 0 Å². The monoisotopic (exact) mass is 392 g/mol. The van der Waals surface area contributed by atoms with E-state index in [1.807, 2.05) is 47.4 Å². The van der Waals surface area contributed by atoms with Crippen LogP contribution in [-0.2, 0) is 12.8 Å². The van der Waals surface area contributed by atoms with Gasteiger partial charge in [-0.05, 0) is 29.7 Å². The van der Waals surface area contributed by atoms with E-state index in [4.69, 9.17) is 4.98 Å². The highest BCUT2D eigenvalue weighted by Crippen LogP contribution is 2.21. The lowest BCUT2D eigenvalue weighted by molar-refractivity contribution is 0.0746. The standard InChI is InChI=1S/C22H24N4OS/c1-2-17-8-10-19(11-9-17)21(27)25-12-14-26(15-13-25)22-23-20(24-28-22)16-18-6-4-3-5-7-18/h3-11H,2,12-16H2,1H3. The normalized spacial score (nSPS) is 14.3. The Hall–Kier alpha value is -2.73. The molecule has 6 heteroatoms. The number of amides is 1. The van der Waals surface area contributed by atoms with Gasteiger partial charge in [0.1, 0.15) is 5.82 Å². The Morgan fingerprint density at radius 3 is 2.36 bits per heavy atom. The van der Waals surface area contributed by atoms with Crippen LogP contribution in [0.2, 0.25) is 0 Å². The van der Waals surface area contributed by atoms with Crippen molar-refractivity contribution in [2.75, 3.05) is 31.1 Å². The maximum atomic E-state index is 12.7. The van der Waals surface area contributed by atoms with E-state index < -0.39 is 0 Å². The number of aryl methyl sites for hydroxylation is 1. The van der Waals surface area contributed by atoms with Gasteiger partial charge >= 0.3 is 0 Å². The predicted octanol–water partition coefficient (Wildman–Crippen LogP) is 3.65. The summed E-state index contributed by atoms with van der Waals surface area (Å²) >= 11 is 1.45. The van der Waals surface area contributed by atoms with Crippen LogP contribution in [0, 0.1) is 0 Å². The van der Waals surface area contributed by atoms with Crippen LogP contribution in [0.3, 0.4) is 0 Å². The fraction of sp³-hybridized carbons (Fsp3) is 0.318. The fourth-order valence-corrected chi connectivity index (χ4v) is 4.13. The van der Waals surface area contributed by atoms with Crippen molar-refractivity contribution < 1.29 is 4.79 Å². The number of benzene rings is 2. The third-order valence-electron chi connectivity index (χ3n) is 5.11. The number of anilines is 1. The van der Waals surface area contributed by atoms with Crippen LogP contribution in [0.15, 0.2) is 54.6 Å². The minimum Gasteiger partial charge on any atom is -0.343 e. The molecule has 2 heterocycles. The van der Waals surface area contributed by atoms with E-state index in [0.29, 0.717) is 13.1 Å². The van der Waals surface area contributed by atoms with Crippen molar-refractivity contribution in [2.45, 2.75) is 19.8 Å². The molecule has 144 valence electrons. The number of nitrogens with zero attached hydrogens (tertiary/aromatic N) is 4. The largest absolute Gasteiger partial charge is 0.343 e. The smallest absolute Gasteiger partial charge is 0.253 e. The van der Waals surface area contributed by atoms with Crippen molar-refractivity contribution in [3.05, 3.63) is 77.1 Å². The van der Waals surface area contributed by atoms with Crippen molar-refractivity contribution in [1.82, 2.24) is 14.3 Å². The van der Waals surface area contributed by atoms with Crippen LogP contribution < -0.4 is 4.90 Å². The molecule has 0 unspecified atom stereocenters. The molecule has 28 heavy (non-hydrogen) atoms. The zero-order valence-electron chi connectivity index (χ0n) is 16.0. The van der Waals surface area contributed by atoms with E-state index in [-0.39, 0.29) is 5.91 Å². The molecule has 1 aliphatic rings. The first-order chi connectivity index (χ1) is 13.7. The summed E-state index contributed by atoms with van der Waals surface area (Å²) in [5, 5.41) is 0.949. The predicted molar refractivity (Wildman–Crippen MR) is 113 cm³/mol. The molecule has 2 aromatic carbocycles. The first-order valence-corrected chi connectivity index (χ1v) is 10.5. The molecule has 5 nitrogen and oxygen atoms in total. The van der Waals surface area contributed by atoms with Gasteiger partial charge in [0.05, 0.1) is 0 Å². The summed E-state index contributed by atoms with van der Waals surface area (Å²) in [4.78, 5) is 21.6. The van der Waals surface area contributed by atoms with E-state index in [1.54, 1.807) is 0 Å². The summed E-state index contributed by atoms with van der Waals surface area (Å²) in [5.41, 5.74) is 3.24. The van der Waals surface area contributed by atoms with Gasteiger partial charge in [-0.3, -0.25) is 4.79 Å². The second-order valence-corrected chi connectivity index (χ2v) is 7.72. The minimum atomic E-state index is 0.115. The first kappa shape index (κ1) is 18.6. The van der Waals surface area contributed by atoms with Gasteiger partial charge < -0.3 is 9.80 Å². The van der Waals surface area contributed by atoms with E-state index in [0.717, 1.165) is 42.5 Å². The lowest BCUT2D eigenvalue weighted by Gasteiger charge is -2.34. The molecule has 3 aromatic rings. The molecule has 1 fully saturated rings. The molecule has 1 saturated heterocycles. The maximum absolute atomic E-state index is 12.7. The van der Waals surface area contributed by atoms with Gasteiger partial charge in [-0.25, -0.2) is 4.98 Å². The maximum Gasteiger partial charge on any atom is 0.253 e. The Labute approximate surface area is 169 Å². The number of carbonyl (C=O) groups excluding carboxylic acids is 1. The molecule has 0 N–H and O–H groups in total. The lowest BCUT2D eigenvalue weighted by Crippen LogP contribution is -2.48. The van der Waals surface area contributed by atoms with Crippen molar-refractivity contribution in [3.8, 4) is 0 Å². The molecule has 1 aliphatic heterocycles. The molecule has 0 aliphatic carbocycles. The topological polar surface area (TPSA) is 49.3 Å². The Balaban J connectivity index is 1.34. The summed E-state index contributed by atoms with van der Waals surface area (Å²) in [6.07, 6.45) is 1.74. The Kier molecular flexibility index (Phi) is 5.67. The highest BCUT2D eigenvalue weighted by molar-refractivity contribution is 7.09. The molecule has 0 radical (unpaired) electrons. The van der Waals surface area contributed by atoms with Crippen molar-refractivity contribution in [3.63, 3.8) is 0 Å². The van der Waals surface area contributed by atoms with Gasteiger partial charge in [-0.1, -0.05) is 49.4 Å². The van der Waals surface area contributed by atoms with Crippen LogP contribution in [0.1, 0.15) is 34.2 Å². The average Bonchev–Trinajstić information content (AvgIpc) is 3.22. The summed E-state index contributed by atoms with van der Waals surface area (Å²) in [7, 11) is 0. The third-order valence-corrected chi connectivity index (χ3v) is 5.92. The van der Waals surface area contributed by atoms with Crippen LogP contribution in [0.4, 0.5) is 5.13 Å². The number of carbonyl (C=O) groups is 1. The Morgan fingerprint density at radius 1 is 0.964 bits per heavy atom. The van der Waals surface area contributed by atoms with Gasteiger partial charge in [0, 0.05) is 49.7 Å². The fourth-order valence-electron chi connectivity index (χ4n) is 3.39. The highest BCUT2D eigenvalue weighted by atomic mass is 32.1. The number of hydrogen-bond acceptors (Lipinski definition) is 5. The van der Waals surface area contributed by atoms with Crippen molar-refractivity contribution in [1.29, 1.82) is 0 Å². The third kappa shape index (κ3) is 4.22. The van der Waals surface area contributed by atoms with Crippen LogP contribution in [-0.4, -0.2) is 46.3 Å². The van der Waals surface area contributed by atoms with Gasteiger partial charge in [0.25, 0.3) is 5.91 Å². The molecular weight excluding hydrogens is 368 g/mol. The molecule has 1 amide bonds. The van der Waals surface area contributed by atoms with Gasteiger partial charge in [-0.15, -0.1) is 0 Å². The SMILES string of the molecule is CCc1ccc(C(=O)N2CCN(c3nc(Cc4ccccc4)ns3)CC2)cc1.